The summed E-state index contributed by atoms with van der Waals surface area (Å²) in [7, 11) is 0. The topological polar surface area (TPSA) is 60.2 Å². The van der Waals surface area contributed by atoms with E-state index in [2.05, 4.69) is 20.9 Å². The van der Waals surface area contributed by atoms with Crippen LogP contribution in [-0.4, -0.2) is 41.5 Å². The van der Waals surface area contributed by atoms with Gasteiger partial charge in [-0.05, 0) is 56.6 Å². The number of rotatable bonds is 3. The molecule has 3 heterocycles. The largest absolute Gasteiger partial charge is 0.357 e. The van der Waals surface area contributed by atoms with Gasteiger partial charge >= 0.3 is 0 Å². The summed E-state index contributed by atoms with van der Waals surface area (Å²) in [5, 5.41) is 8.92. The lowest BCUT2D eigenvalue weighted by Crippen LogP contribution is -2.48. The monoisotopic (exact) mass is 352 g/mol. The van der Waals surface area contributed by atoms with Gasteiger partial charge < -0.3 is 9.80 Å². The predicted molar refractivity (Wildman–Crippen MR) is 101 cm³/mol. The molecule has 138 valence electrons. The highest BCUT2D eigenvalue weighted by Gasteiger charge is 2.39. The molecule has 1 amide bonds. The molecule has 3 fully saturated rings. The Morgan fingerprint density at radius 2 is 1.85 bits per heavy atom. The molecule has 5 nitrogen and oxygen atoms in total. The molecular weight excluding hydrogens is 324 g/mol. The Labute approximate surface area is 156 Å². The number of aromatic nitrogens is 1. The van der Waals surface area contributed by atoms with Crippen LogP contribution in [-0.2, 0) is 4.79 Å². The van der Waals surface area contributed by atoms with Crippen molar-refractivity contribution in [2.45, 2.75) is 57.4 Å². The Hall–Kier alpha value is -2.09. The van der Waals surface area contributed by atoms with Crippen LogP contribution in [0.3, 0.4) is 0 Å². The summed E-state index contributed by atoms with van der Waals surface area (Å²) in [4.78, 5) is 21.8. The molecule has 1 atom stereocenters. The fourth-order valence-electron chi connectivity index (χ4n) is 4.62. The molecule has 26 heavy (non-hydrogen) atoms. The van der Waals surface area contributed by atoms with Crippen molar-refractivity contribution in [2.75, 3.05) is 24.5 Å². The van der Waals surface area contributed by atoms with E-state index in [1.54, 1.807) is 6.20 Å². The number of carbonyl (C=O) groups excluding carboxylic acids is 1. The third-order valence-corrected chi connectivity index (χ3v) is 6.29. The van der Waals surface area contributed by atoms with E-state index in [9.17, 15) is 4.79 Å². The van der Waals surface area contributed by atoms with Gasteiger partial charge in [0.25, 0.3) is 0 Å². The second-order valence-electron chi connectivity index (χ2n) is 8.06. The van der Waals surface area contributed by atoms with Gasteiger partial charge in [-0.15, -0.1) is 0 Å². The molecule has 0 spiro atoms. The lowest BCUT2D eigenvalue weighted by molar-refractivity contribution is -0.136. The first-order chi connectivity index (χ1) is 12.8. The Balaban J connectivity index is 1.40. The van der Waals surface area contributed by atoms with E-state index in [4.69, 9.17) is 5.26 Å². The molecule has 5 heteroatoms. The number of hydrogen-bond donors (Lipinski definition) is 0. The van der Waals surface area contributed by atoms with Crippen molar-refractivity contribution in [3.05, 3.63) is 23.9 Å². The summed E-state index contributed by atoms with van der Waals surface area (Å²) < 4.78 is 0. The predicted octanol–water partition coefficient (Wildman–Crippen LogP) is 3.35. The zero-order valence-corrected chi connectivity index (χ0v) is 15.4. The van der Waals surface area contributed by atoms with Crippen LogP contribution in [0.2, 0.25) is 0 Å². The zero-order valence-electron chi connectivity index (χ0n) is 15.4. The maximum atomic E-state index is 12.8. The van der Waals surface area contributed by atoms with Gasteiger partial charge in [-0.2, -0.15) is 5.26 Å². The van der Waals surface area contributed by atoms with E-state index in [-0.39, 0.29) is 0 Å². The van der Waals surface area contributed by atoms with Crippen molar-refractivity contribution >= 4 is 11.7 Å². The van der Waals surface area contributed by atoms with Crippen LogP contribution in [0.5, 0.6) is 0 Å². The van der Waals surface area contributed by atoms with Crippen LogP contribution in [0.25, 0.3) is 0 Å². The van der Waals surface area contributed by atoms with Crippen molar-refractivity contribution in [3.63, 3.8) is 0 Å². The van der Waals surface area contributed by atoms with E-state index >= 15 is 0 Å². The van der Waals surface area contributed by atoms with Gasteiger partial charge in [-0.25, -0.2) is 4.98 Å². The molecule has 0 radical (unpaired) electrons. The second kappa shape index (κ2) is 7.65. The summed E-state index contributed by atoms with van der Waals surface area (Å²) in [6, 6.07) is 6.37. The summed E-state index contributed by atoms with van der Waals surface area (Å²) in [5.74, 6) is 2.35. The van der Waals surface area contributed by atoms with Crippen LogP contribution in [0.4, 0.5) is 5.82 Å². The normalized spacial score (nSPS) is 24.8. The van der Waals surface area contributed by atoms with Crippen LogP contribution in [0.1, 0.15) is 56.9 Å². The van der Waals surface area contributed by atoms with Crippen molar-refractivity contribution in [3.8, 4) is 6.07 Å². The molecule has 3 aliphatic rings. The molecule has 0 N–H and O–H groups in total. The van der Waals surface area contributed by atoms with E-state index in [1.165, 1.54) is 25.7 Å². The highest BCUT2D eigenvalue weighted by atomic mass is 16.2. The third-order valence-electron chi connectivity index (χ3n) is 6.29. The van der Waals surface area contributed by atoms with Crippen molar-refractivity contribution < 1.29 is 4.79 Å². The quantitative estimate of drug-likeness (QED) is 0.837. The minimum absolute atomic E-state index is 0.332. The average Bonchev–Trinajstić information content (AvgIpc) is 3.54. The molecule has 1 aromatic rings. The Morgan fingerprint density at radius 1 is 1.04 bits per heavy atom. The molecule has 4 rings (SSSR count). The number of amides is 1. The SMILES string of the molecule is N#Cc1ccc(N2CCC([C@@H]3CCCCCN3C(=O)C3CC3)CC2)nc1. The lowest BCUT2D eigenvalue weighted by atomic mass is 9.86. The smallest absolute Gasteiger partial charge is 0.225 e. The Bertz CT molecular complexity index is 668. The zero-order chi connectivity index (χ0) is 17.9. The molecule has 1 saturated carbocycles. The molecular formula is C21H28N4O. The van der Waals surface area contributed by atoms with Crippen molar-refractivity contribution in [1.82, 2.24) is 9.88 Å². The number of likely N-dealkylation sites (tertiary alicyclic amines) is 1. The maximum Gasteiger partial charge on any atom is 0.225 e. The molecule has 0 aromatic carbocycles. The Morgan fingerprint density at radius 3 is 2.50 bits per heavy atom. The summed E-state index contributed by atoms with van der Waals surface area (Å²) in [6.45, 7) is 2.95. The minimum Gasteiger partial charge on any atom is -0.357 e. The van der Waals surface area contributed by atoms with E-state index < -0.39 is 0 Å². The first-order valence-electron chi connectivity index (χ1n) is 10.2. The number of carbonyl (C=O) groups is 1. The molecule has 0 unspecified atom stereocenters. The lowest BCUT2D eigenvalue weighted by Gasteiger charge is -2.41. The highest BCUT2D eigenvalue weighted by Crippen LogP contribution is 2.36. The van der Waals surface area contributed by atoms with Crippen LogP contribution in [0.15, 0.2) is 18.3 Å². The summed E-state index contributed by atoms with van der Waals surface area (Å²) in [6.07, 6.45) is 11.0. The van der Waals surface area contributed by atoms with Crippen LogP contribution >= 0.6 is 0 Å². The molecule has 2 aliphatic heterocycles. The number of anilines is 1. The minimum atomic E-state index is 0.332. The van der Waals surface area contributed by atoms with Crippen molar-refractivity contribution in [2.24, 2.45) is 11.8 Å². The Kier molecular flexibility index (Phi) is 5.10. The van der Waals surface area contributed by atoms with Gasteiger partial charge in [0.05, 0.1) is 5.56 Å². The molecule has 1 aromatic heterocycles. The van der Waals surface area contributed by atoms with Gasteiger partial charge in [-0.3, -0.25) is 4.79 Å². The van der Waals surface area contributed by atoms with Crippen LogP contribution < -0.4 is 4.90 Å². The number of nitriles is 1. The molecule has 0 bridgehead atoms. The van der Waals surface area contributed by atoms with Crippen LogP contribution in [0, 0.1) is 23.2 Å². The van der Waals surface area contributed by atoms with E-state index in [0.29, 0.717) is 29.3 Å². The van der Waals surface area contributed by atoms with E-state index in [1.807, 2.05) is 12.1 Å². The maximum absolute atomic E-state index is 12.8. The van der Waals surface area contributed by atoms with Gasteiger partial charge in [0.2, 0.25) is 5.91 Å². The molecule has 2 saturated heterocycles. The van der Waals surface area contributed by atoms with Gasteiger partial charge in [-0.1, -0.05) is 12.8 Å². The number of pyridine rings is 1. The van der Waals surface area contributed by atoms with E-state index in [0.717, 1.165) is 51.1 Å². The standard InChI is InChI=1S/C21H28N4O/c22-14-16-5-8-20(23-15-16)24-12-9-17(10-13-24)19-4-2-1-3-11-25(19)21(26)18-6-7-18/h5,8,15,17-19H,1-4,6-7,9-13H2/t19-/m0/s1. The highest BCUT2D eigenvalue weighted by molar-refractivity contribution is 5.81. The summed E-state index contributed by atoms with van der Waals surface area (Å²) in [5.41, 5.74) is 0.608. The van der Waals surface area contributed by atoms with Gasteiger partial charge in [0.1, 0.15) is 11.9 Å². The second-order valence-corrected chi connectivity index (χ2v) is 8.06. The fourth-order valence-corrected chi connectivity index (χ4v) is 4.62. The first-order valence-corrected chi connectivity index (χ1v) is 10.2. The van der Waals surface area contributed by atoms with Gasteiger partial charge in [0.15, 0.2) is 0 Å². The number of hydrogen-bond acceptors (Lipinski definition) is 4. The van der Waals surface area contributed by atoms with Crippen molar-refractivity contribution in [1.29, 1.82) is 5.26 Å². The first kappa shape index (κ1) is 17.3. The number of piperidine rings is 1. The fraction of sp³-hybridized carbons (Fsp3) is 0.667. The average molecular weight is 352 g/mol. The third kappa shape index (κ3) is 3.70. The van der Waals surface area contributed by atoms with Gasteiger partial charge in [0, 0.05) is 37.8 Å². The number of nitrogens with zero attached hydrogens (tertiary/aromatic N) is 4. The summed E-state index contributed by atoms with van der Waals surface area (Å²) >= 11 is 0. The molecule has 1 aliphatic carbocycles.